The van der Waals surface area contributed by atoms with Crippen LogP contribution in [0.5, 0.6) is 0 Å². The Kier molecular flexibility index (Phi) is 4.26. The second-order valence-corrected chi connectivity index (χ2v) is 6.51. The molecule has 0 bridgehead atoms. The molecule has 4 heterocycles. The highest BCUT2D eigenvalue weighted by Crippen LogP contribution is 2.32. The average molecular weight is 392 g/mol. The Morgan fingerprint density at radius 1 is 1.19 bits per heavy atom. The van der Waals surface area contributed by atoms with Crippen LogP contribution >= 0.6 is 23.2 Å². The van der Waals surface area contributed by atoms with Crippen molar-refractivity contribution < 1.29 is 9.18 Å². The van der Waals surface area contributed by atoms with Crippen molar-refractivity contribution >= 4 is 40.6 Å². The van der Waals surface area contributed by atoms with Crippen molar-refractivity contribution in [1.82, 2.24) is 20.3 Å². The second-order valence-electron chi connectivity index (χ2n) is 5.71. The van der Waals surface area contributed by atoms with Gasteiger partial charge in [0.05, 0.1) is 16.3 Å². The van der Waals surface area contributed by atoms with Crippen LogP contribution in [-0.4, -0.2) is 27.4 Å². The second kappa shape index (κ2) is 6.59. The molecule has 0 saturated heterocycles. The summed E-state index contributed by atoms with van der Waals surface area (Å²) in [6.07, 6.45) is 3.51. The zero-order chi connectivity index (χ0) is 18.3. The van der Waals surface area contributed by atoms with Gasteiger partial charge in [-0.05, 0) is 12.1 Å². The molecular formula is C17H12Cl2FN5O. The molecule has 6 nitrogen and oxygen atoms in total. The molecule has 0 saturated carbocycles. The number of aromatic nitrogens is 3. The van der Waals surface area contributed by atoms with Crippen molar-refractivity contribution in [2.24, 2.45) is 0 Å². The fourth-order valence-corrected chi connectivity index (χ4v) is 3.12. The number of carbonyl (C=O) groups is 1. The molecule has 3 aromatic heterocycles. The zero-order valence-electron chi connectivity index (χ0n) is 13.2. The van der Waals surface area contributed by atoms with E-state index in [1.165, 1.54) is 24.5 Å². The maximum Gasteiger partial charge on any atom is 0.253 e. The van der Waals surface area contributed by atoms with Crippen molar-refractivity contribution in [2.45, 2.75) is 6.42 Å². The highest BCUT2D eigenvalue weighted by molar-refractivity contribution is 6.34. The highest BCUT2D eigenvalue weighted by Gasteiger charge is 2.22. The first kappa shape index (κ1) is 16.8. The molecule has 0 aliphatic carbocycles. The molecule has 0 spiro atoms. The lowest BCUT2D eigenvalue weighted by Gasteiger charge is -2.11. The van der Waals surface area contributed by atoms with Crippen molar-refractivity contribution in [3.63, 3.8) is 0 Å². The Balaban J connectivity index is 1.72. The minimum Gasteiger partial charge on any atom is -0.358 e. The molecule has 0 unspecified atom stereocenters. The number of H-pyrrole nitrogens is 1. The number of amides is 1. The van der Waals surface area contributed by atoms with Gasteiger partial charge >= 0.3 is 0 Å². The number of nitrogens with zero attached hydrogens (tertiary/aromatic N) is 2. The Morgan fingerprint density at radius 3 is 2.85 bits per heavy atom. The van der Waals surface area contributed by atoms with Crippen molar-refractivity contribution in [1.29, 1.82) is 0 Å². The van der Waals surface area contributed by atoms with Crippen LogP contribution in [0.4, 0.5) is 15.9 Å². The maximum atomic E-state index is 15.0. The third-order valence-corrected chi connectivity index (χ3v) is 4.57. The molecule has 0 fully saturated rings. The van der Waals surface area contributed by atoms with Gasteiger partial charge in [0, 0.05) is 48.4 Å². The summed E-state index contributed by atoms with van der Waals surface area (Å²) < 4.78 is 15.0. The van der Waals surface area contributed by atoms with E-state index >= 15 is 4.39 Å². The molecule has 3 aromatic rings. The molecule has 132 valence electrons. The highest BCUT2D eigenvalue weighted by atomic mass is 35.5. The number of hydrogen-bond acceptors (Lipinski definition) is 4. The number of aromatic amines is 1. The van der Waals surface area contributed by atoms with Gasteiger partial charge in [-0.2, -0.15) is 0 Å². The van der Waals surface area contributed by atoms with E-state index < -0.39 is 5.82 Å². The summed E-state index contributed by atoms with van der Waals surface area (Å²) in [5, 5.41) is 6.09. The maximum absolute atomic E-state index is 15.0. The normalized spacial score (nSPS) is 13.3. The molecule has 4 rings (SSSR count). The van der Waals surface area contributed by atoms with E-state index in [1.807, 2.05) is 0 Å². The molecule has 3 N–H and O–H groups in total. The van der Waals surface area contributed by atoms with Crippen LogP contribution in [0.25, 0.3) is 11.3 Å². The van der Waals surface area contributed by atoms with E-state index in [0.29, 0.717) is 35.5 Å². The Morgan fingerprint density at radius 2 is 2.04 bits per heavy atom. The van der Waals surface area contributed by atoms with E-state index in [2.05, 4.69) is 25.6 Å². The van der Waals surface area contributed by atoms with Gasteiger partial charge in [-0.3, -0.25) is 4.79 Å². The van der Waals surface area contributed by atoms with E-state index in [1.54, 1.807) is 6.07 Å². The molecule has 9 heteroatoms. The van der Waals surface area contributed by atoms with Crippen molar-refractivity contribution in [3.05, 3.63) is 57.8 Å². The number of fused-ring (bicyclic) bond motifs is 1. The summed E-state index contributed by atoms with van der Waals surface area (Å²) >= 11 is 11.9. The monoisotopic (exact) mass is 391 g/mol. The Labute approximate surface area is 157 Å². The number of pyridine rings is 2. The van der Waals surface area contributed by atoms with Crippen LogP contribution in [0.1, 0.15) is 16.1 Å². The fraction of sp³-hybridized carbons (Fsp3) is 0.118. The number of halogens is 3. The van der Waals surface area contributed by atoms with Gasteiger partial charge < -0.3 is 15.6 Å². The third kappa shape index (κ3) is 3.00. The lowest BCUT2D eigenvalue weighted by molar-refractivity contribution is 0.0946. The first-order valence-corrected chi connectivity index (χ1v) is 8.51. The molecule has 0 aromatic carbocycles. The van der Waals surface area contributed by atoms with Crippen LogP contribution in [0.15, 0.2) is 30.6 Å². The van der Waals surface area contributed by atoms with Crippen LogP contribution < -0.4 is 10.6 Å². The van der Waals surface area contributed by atoms with Gasteiger partial charge in [-0.1, -0.05) is 23.2 Å². The Hall–Kier alpha value is -2.64. The fourth-order valence-electron chi connectivity index (χ4n) is 2.81. The summed E-state index contributed by atoms with van der Waals surface area (Å²) in [7, 11) is 0. The van der Waals surface area contributed by atoms with Gasteiger partial charge in [-0.25, -0.2) is 14.4 Å². The molecule has 26 heavy (non-hydrogen) atoms. The molecule has 1 aliphatic rings. The van der Waals surface area contributed by atoms with Gasteiger partial charge in [0.2, 0.25) is 0 Å². The summed E-state index contributed by atoms with van der Waals surface area (Å²) in [5.74, 6) is -0.751. The average Bonchev–Trinajstić information content (AvgIpc) is 3.05. The number of nitrogens with one attached hydrogen (secondary N) is 3. The van der Waals surface area contributed by atoms with Crippen LogP contribution in [0.2, 0.25) is 10.2 Å². The SMILES string of the molecule is O=C1NCCc2[nH]c(-c3ccnc(Nc4cc(Cl)ncc4Cl)c3F)cc21. The first-order valence-electron chi connectivity index (χ1n) is 7.76. The molecule has 0 atom stereocenters. The standard InChI is InChI=1S/C17H12Cl2FN5O/c18-10-7-23-14(19)6-13(10)25-16-15(20)8(1-3-21-16)12-5-9-11(24-12)2-4-22-17(9)26/h1,3,5-7,24H,2,4H2,(H,22,26)(H,21,23,25). The third-order valence-electron chi connectivity index (χ3n) is 4.06. The van der Waals surface area contributed by atoms with Crippen LogP contribution in [0.3, 0.4) is 0 Å². The lowest BCUT2D eigenvalue weighted by atomic mass is 10.1. The predicted molar refractivity (Wildman–Crippen MR) is 97.6 cm³/mol. The molecule has 1 aliphatic heterocycles. The number of carbonyl (C=O) groups excluding carboxylic acids is 1. The Bertz CT molecular complexity index is 1020. The summed E-state index contributed by atoms with van der Waals surface area (Å²) in [4.78, 5) is 22.9. The number of rotatable bonds is 3. The van der Waals surface area contributed by atoms with Gasteiger partial charge in [0.1, 0.15) is 5.15 Å². The predicted octanol–water partition coefficient (Wildman–Crippen LogP) is 3.95. The lowest BCUT2D eigenvalue weighted by Crippen LogP contribution is -2.31. The largest absolute Gasteiger partial charge is 0.358 e. The van der Waals surface area contributed by atoms with Gasteiger partial charge in [0.25, 0.3) is 5.91 Å². The van der Waals surface area contributed by atoms with Crippen molar-refractivity contribution in [2.75, 3.05) is 11.9 Å². The molecule has 1 amide bonds. The summed E-state index contributed by atoms with van der Waals surface area (Å²) in [5.41, 5.74) is 2.51. The first-order chi connectivity index (χ1) is 12.5. The van der Waals surface area contributed by atoms with E-state index in [0.717, 1.165) is 5.69 Å². The number of anilines is 2. The minimum absolute atomic E-state index is 0.0105. The minimum atomic E-state index is -0.574. The van der Waals surface area contributed by atoms with Gasteiger partial charge in [-0.15, -0.1) is 0 Å². The van der Waals surface area contributed by atoms with E-state index in [4.69, 9.17) is 23.2 Å². The van der Waals surface area contributed by atoms with Crippen LogP contribution in [0, 0.1) is 5.82 Å². The smallest absolute Gasteiger partial charge is 0.253 e. The topological polar surface area (TPSA) is 82.7 Å². The van der Waals surface area contributed by atoms with Gasteiger partial charge in [0.15, 0.2) is 11.6 Å². The summed E-state index contributed by atoms with van der Waals surface area (Å²) in [6, 6.07) is 4.66. The molecular weight excluding hydrogens is 380 g/mol. The van der Waals surface area contributed by atoms with Crippen molar-refractivity contribution in [3.8, 4) is 11.3 Å². The van der Waals surface area contributed by atoms with E-state index in [-0.39, 0.29) is 21.9 Å². The number of hydrogen-bond donors (Lipinski definition) is 3. The molecule has 0 radical (unpaired) electrons. The van der Waals surface area contributed by atoms with Crippen LogP contribution in [-0.2, 0) is 6.42 Å². The quantitative estimate of drug-likeness (QED) is 0.590. The zero-order valence-corrected chi connectivity index (χ0v) is 14.7. The van der Waals surface area contributed by atoms with E-state index in [9.17, 15) is 4.79 Å². The summed E-state index contributed by atoms with van der Waals surface area (Å²) in [6.45, 7) is 0.554.